The first kappa shape index (κ1) is 14.1. The maximum absolute atomic E-state index is 11.5. The third kappa shape index (κ3) is 3.78. The average molecular weight is 262 g/mol. The summed E-state index contributed by atoms with van der Waals surface area (Å²) >= 11 is 0. The zero-order valence-electron chi connectivity index (χ0n) is 10.1. The Labute approximate surface area is 101 Å². The second kappa shape index (κ2) is 5.59. The first-order valence-corrected chi connectivity index (χ1v) is 7.43. The maximum atomic E-state index is 11.5. The van der Waals surface area contributed by atoms with Crippen LogP contribution in [0.3, 0.4) is 0 Å². The number of carbonyl (C=O) groups is 2. The standard InChI is InChI=1S/C10H18N2O4S/c1-3-5-17(15,16)6-4-11-8-7-9(13)12(2)10(8)14/h8,11H,3-7H2,1-2H3. The van der Waals surface area contributed by atoms with E-state index >= 15 is 0 Å². The monoisotopic (exact) mass is 262 g/mol. The minimum absolute atomic E-state index is 0.00250. The molecule has 2 amide bonds. The molecule has 1 fully saturated rings. The first-order chi connectivity index (χ1) is 7.87. The van der Waals surface area contributed by atoms with Gasteiger partial charge in [-0.05, 0) is 6.42 Å². The minimum Gasteiger partial charge on any atom is -0.304 e. The van der Waals surface area contributed by atoms with E-state index in [-0.39, 0.29) is 36.3 Å². The molecule has 0 aromatic rings. The van der Waals surface area contributed by atoms with Crippen molar-refractivity contribution >= 4 is 21.7 Å². The summed E-state index contributed by atoms with van der Waals surface area (Å²) in [5.74, 6) is -0.360. The average Bonchev–Trinajstić information content (AvgIpc) is 2.46. The van der Waals surface area contributed by atoms with E-state index in [1.54, 1.807) is 6.92 Å². The molecular weight excluding hydrogens is 244 g/mol. The van der Waals surface area contributed by atoms with Gasteiger partial charge < -0.3 is 5.32 Å². The number of sulfone groups is 1. The second-order valence-electron chi connectivity index (χ2n) is 4.15. The van der Waals surface area contributed by atoms with Crippen LogP contribution in [0.5, 0.6) is 0 Å². The molecule has 1 unspecified atom stereocenters. The predicted molar refractivity (Wildman–Crippen MR) is 63.1 cm³/mol. The maximum Gasteiger partial charge on any atom is 0.246 e. The van der Waals surface area contributed by atoms with Crippen LogP contribution in [-0.4, -0.2) is 56.3 Å². The highest BCUT2D eigenvalue weighted by molar-refractivity contribution is 7.91. The van der Waals surface area contributed by atoms with Crippen LogP contribution < -0.4 is 5.32 Å². The van der Waals surface area contributed by atoms with Gasteiger partial charge in [0.2, 0.25) is 11.8 Å². The molecule has 1 aliphatic heterocycles. The zero-order chi connectivity index (χ0) is 13.1. The molecule has 98 valence electrons. The van der Waals surface area contributed by atoms with Crippen LogP contribution in [0.25, 0.3) is 0 Å². The van der Waals surface area contributed by atoms with Crippen LogP contribution in [0, 0.1) is 0 Å². The number of hydrogen-bond donors (Lipinski definition) is 1. The molecule has 1 atom stereocenters. The highest BCUT2D eigenvalue weighted by Crippen LogP contribution is 2.10. The normalized spacial score (nSPS) is 21.3. The van der Waals surface area contributed by atoms with Gasteiger partial charge in [-0.25, -0.2) is 8.42 Å². The SMILES string of the molecule is CCCS(=O)(=O)CCNC1CC(=O)N(C)C1=O. The molecule has 1 saturated heterocycles. The van der Waals surface area contributed by atoms with E-state index in [4.69, 9.17) is 0 Å². The van der Waals surface area contributed by atoms with Gasteiger partial charge in [-0.15, -0.1) is 0 Å². The Morgan fingerprint density at radius 2 is 2.00 bits per heavy atom. The van der Waals surface area contributed by atoms with Crippen molar-refractivity contribution in [1.29, 1.82) is 0 Å². The predicted octanol–water partition coefficient (Wildman–Crippen LogP) is -0.842. The third-order valence-corrected chi connectivity index (χ3v) is 4.56. The largest absolute Gasteiger partial charge is 0.304 e. The lowest BCUT2D eigenvalue weighted by Gasteiger charge is -2.10. The fourth-order valence-electron chi connectivity index (χ4n) is 1.72. The van der Waals surface area contributed by atoms with E-state index < -0.39 is 15.9 Å². The molecular formula is C10H18N2O4S. The number of nitrogens with one attached hydrogen (secondary N) is 1. The highest BCUT2D eigenvalue weighted by atomic mass is 32.2. The Hall–Kier alpha value is -0.950. The van der Waals surface area contributed by atoms with Crippen molar-refractivity contribution in [2.24, 2.45) is 0 Å². The van der Waals surface area contributed by atoms with Crippen molar-refractivity contribution in [1.82, 2.24) is 10.2 Å². The van der Waals surface area contributed by atoms with E-state index in [0.717, 1.165) is 4.90 Å². The molecule has 1 rings (SSSR count). The number of rotatable bonds is 6. The van der Waals surface area contributed by atoms with Gasteiger partial charge >= 0.3 is 0 Å². The summed E-state index contributed by atoms with van der Waals surface area (Å²) in [7, 11) is -1.61. The first-order valence-electron chi connectivity index (χ1n) is 5.61. The molecule has 0 radical (unpaired) electrons. The van der Waals surface area contributed by atoms with Gasteiger partial charge in [0.1, 0.15) is 0 Å². The summed E-state index contributed by atoms with van der Waals surface area (Å²) in [5, 5.41) is 2.82. The topological polar surface area (TPSA) is 83.6 Å². The molecule has 1 heterocycles. The smallest absolute Gasteiger partial charge is 0.246 e. The molecule has 0 aromatic carbocycles. The van der Waals surface area contributed by atoms with Crippen molar-refractivity contribution < 1.29 is 18.0 Å². The quantitative estimate of drug-likeness (QED) is 0.631. The fraction of sp³-hybridized carbons (Fsp3) is 0.800. The molecule has 0 spiro atoms. The molecule has 1 N–H and O–H groups in total. The van der Waals surface area contributed by atoms with E-state index in [1.807, 2.05) is 0 Å². The van der Waals surface area contributed by atoms with Crippen molar-refractivity contribution in [2.75, 3.05) is 25.1 Å². The lowest BCUT2D eigenvalue weighted by atomic mass is 10.2. The van der Waals surface area contributed by atoms with E-state index in [9.17, 15) is 18.0 Å². The number of amides is 2. The van der Waals surface area contributed by atoms with Crippen LogP contribution in [-0.2, 0) is 19.4 Å². The molecule has 0 aromatic heterocycles. The van der Waals surface area contributed by atoms with Crippen LogP contribution in [0.2, 0.25) is 0 Å². The Morgan fingerprint density at radius 3 is 2.47 bits per heavy atom. The Bertz CT molecular complexity index is 405. The van der Waals surface area contributed by atoms with Crippen LogP contribution in [0.1, 0.15) is 19.8 Å². The molecule has 1 aliphatic rings. The van der Waals surface area contributed by atoms with Gasteiger partial charge in [0.15, 0.2) is 9.84 Å². The number of likely N-dealkylation sites (tertiary alicyclic amines) is 1. The molecule has 7 heteroatoms. The van der Waals surface area contributed by atoms with Gasteiger partial charge in [0.05, 0.1) is 18.2 Å². The van der Waals surface area contributed by atoms with Gasteiger partial charge in [-0.3, -0.25) is 14.5 Å². The number of hydrogen-bond acceptors (Lipinski definition) is 5. The lowest BCUT2D eigenvalue weighted by Crippen LogP contribution is -2.39. The number of nitrogens with zero attached hydrogens (tertiary/aromatic N) is 1. The molecule has 17 heavy (non-hydrogen) atoms. The van der Waals surface area contributed by atoms with Crippen molar-refractivity contribution in [3.05, 3.63) is 0 Å². The van der Waals surface area contributed by atoms with E-state index in [1.165, 1.54) is 7.05 Å². The van der Waals surface area contributed by atoms with Crippen LogP contribution >= 0.6 is 0 Å². The van der Waals surface area contributed by atoms with E-state index in [0.29, 0.717) is 6.42 Å². The summed E-state index contributed by atoms with van der Waals surface area (Å²) in [6, 6.07) is -0.565. The van der Waals surface area contributed by atoms with Gasteiger partial charge in [-0.1, -0.05) is 6.92 Å². The van der Waals surface area contributed by atoms with Crippen LogP contribution in [0.15, 0.2) is 0 Å². The summed E-state index contributed by atoms with van der Waals surface area (Å²) in [5.41, 5.74) is 0. The number of likely N-dealkylation sites (N-methyl/N-ethyl adjacent to an activating group) is 1. The van der Waals surface area contributed by atoms with Crippen LogP contribution in [0.4, 0.5) is 0 Å². The lowest BCUT2D eigenvalue weighted by molar-refractivity contribution is -0.137. The molecule has 0 bridgehead atoms. The van der Waals surface area contributed by atoms with Crippen molar-refractivity contribution in [3.8, 4) is 0 Å². The summed E-state index contributed by atoms with van der Waals surface area (Å²) in [6.07, 6.45) is 0.703. The molecule has 0 aliphatic carbocycles. The van der Waals surface area contributed by atoms with Crippen molar-refractivity contribution in [2.45, 2.75) is 25.8 Å². The number of imide groups is 1. The molecule has 0 saturated carbocycles. The summed E-state index contributed by atoms with van der Waals surface area (Å²) in [6.45, 7) is 2.01. The second-order valence-corrected chi connectivity index (χ2v) is 6.46. The third-order valence-electron chi connectivity index (χ3n) is 2.70. The number of carbonyl (C=O) groups excluding carboxylic acids is 2. The van der Waals surface area contributed by atoms with E-state index in [2.05, 4.69) is 5.32 Å². The Kier molecular flexibility index (Phi) is 4.64. The molecule has 6 nitrogen and oxygen atoms in total. The fourth-order valence-corrected chi connectivity index (χ4v) is 2.97. The summed E-state index contributed by atoms with van der Waals surface area (Å²) in [4.78, 5) is 23.8. The summed E-state index contributed by atoms with van der Waals surface area (Å²) < 4.78 is 22.8. The highest BCUT2D eigenvalue weighted by Gasteiger charge is 2.35. The van der Waals surface area contributed by atoms with Gasteiger partial charge in [-0.2, -0.15) is 0 Å². The van der Waals surface area contributed by atoms with Gasteiger partial charge in [0, 0.05) is 19.3 Å². The zero-order valence-corrected chi connectivity index (χ0v) is 10.9. The Balaban J connectivity index is 2.38. The van der Waals surface area contributed by atoms with Crippen molar-refractivity contribution in [3.63, 3.8) is 0 Å². The Morgan fingerprint density at radius 1 is 1.35 bits per heavy atom. The minimum atomic E-state index is -3.04. The van der Waals surface area contributed by atoms with Gasteiger partial charge in [0.25, 0.3) is 0 Å².